The fourth-order valence-electron chi connectivity index (χ4n) is 4.77. The molecule has 0 spiro atoms. The van der Waals surface area contributed by atoms with Crippen LogP contribution in [0.3, 0.4) is 0 Å². The van der Waals surface area contributed by atoms with E-state index in [0.717, 1.165) is 55.5 Å². The summed E-state index contributed by atoms with van der Waals surface area (Å²) in [5, 5.41) is 1.81. The molecule has 5 rings (SSSR count). The number of hydrogen-bond donors (Lipinski definition) is 1. The molecule has 1 heterocycles. The van der Waals surface area contributed by atoms with Gasteiger partial charge in [0, 0.05) is 33.8 Å². The Morgan fingerprint density at radius 3 is 2.11 bits per heavy atom. The summed E-state index contributed by atoms with van der Waals surface area (Å²) in [6, 6.07) is 17.5. The van der Waals surface area contributed by atoms with Crippen LogP contribution < -0.4 is 4.72 Å². The van der Waals surface area contributed by atoms with Crippen molar-refractivity contribution in [1.82, 2.24) is 9.62 Å². The van der Waals surface area contributed by atoms with Gasteiger partial charge in [0.2, 0.25) is 5.91 Å². The van der Waals surface area contributed by atoms with Gasteiger partial charge in [-0.2, -0.15) is 0 Å². The van der Waals surface area contributed by atoms with Gasteiger partial charge in [-0.05, 0) is 80.7 Å². The molecule has 0 radical (unpaired) electrons. The molecule has 0 bridgehead atoms. The number of piperidine rings is 1. The van der Waals surface area contributed by atoms with E-state index in [4.69, 9.17) is 23.2 Å². The number of hydrogen-bond acceptors (Lipinski definition) is 2. The monoisotopic (exact) mass is 562 g/mol. The molecule has 2 aliphatic carbocycles. The normalized spacial score (nSPS) is 22.6. The smallest absolute Gasteiger partial charge is 0.226 e. The lowest BCUT2D eigenvalue weighted by molar-refractivity contribution is -0.145. The summed E-state index contributed by atoms with van der Waals surface area (Å²) in [5.74, 6) is 0.739. The molecule has 7 heteroatoms. The molecular weight excluding hydrogens is 523 g/mol. The first-order chi connectivity index (χ1) is 18.0. The number of rotatable bonds is 9. The van der Waals surface area contributed by atoms with Gasteiger partial charge in [-0.3, -0.25) is 4.79 Å². The minimum absolute atomic E-state index is 0.0104. The number of amides is 1. The van der Waals surface area contributed by atoms with Crippen molar-refractivity contribution in [3.8, 4) is 0 Å². The highest BCUT2D eigenvalue weighted by Crippen LogP contribution is 2.44. The molecule has 2 unspecified atom stereocenters. The second-order valence-corrected chi connectivity index (χ2v) is 12.1. The first-order valence-corrected chi connectivity index (χ1v) is 15.5. The van der Waals surface area contributed by atoms with Gasteiger partial charge in [-0.25, -0.2) is 8.93 Å². The standard InChI is InChI=1S/C22H29ClN2O2S.C6H5Cl.C2H6/c1-2-3-17-8-13-20(15-6-9-18(23)10-7-15)25(22(17)26)21(16-4-5-16)14-24-28(27)19-11-12-19;7-6-4-2-1-3-5-6;1-2/h2,6-7,9-10,16-17,19-21,24H,1,3-5,8,11-14H2;1-5H;1-2H3/t17-,20-,21?,28?;;/m0../s1. The Morgan fingerprint density at radius 2 is 1.59 bits per heavy atom. The van der Waals surface area contributed by atoms with Gasteiger partial charge in [0.25, 0.3) is 0 Å². The summed E-state index contributed by atoms with van der Waals surface area (Å²) in [7, 11) is -0.978. The third-order valence-electron chi connectivity index (χ3n) is 6.95. The number of nitrogens with one attached hydrogen (secondary N) is 1. The number of halogens is 2. The van der Waals surface area contributed by atoms with E-state index in [1.807, 2.05) is 74.5 Å². The van der Waals surface area contributed by atoms with Crippen molar-refractivity contribution >= 4 is 40.1 Å². The van der Waals surface area contributed by atoms with Crippen molar-refractivity contribution in [1.29, 1.82) is 0 Å². The highest BCUT2D eigenvalue weighted by Gasteiger charge is 2.45. The number of likely N-dealkylation sites (tertiary alicyclic amines) is 1. The van der Waals surface area contributed by atoms with Gasteiger partial charge in [-0.1, -0.05) is 73.5 Å². The number of carbonyl (C=O) groups is 1. The summed E-state index contributed by atoms with van der Waals surface area (Å²) >= 11 is 11.6. The minimum Gasteiger partial charge on any atom is -0.331 e. The van der Waals surface area contributed by atoms with Crippen LogP contribution in [0.15, 0.2) is 67.3 Å². The lowest BCUT2D eigenvalue weighted by atomic mass is 9.85. The van der Waals surface area contributed by atoms with Crippen molar-refractivity contribution in [3.63, 3.8) is 0 Å². The maximum atomic E-state index is 13.5. The van der Waals surface area contributed by atoms with Gasteiger partial charge in [0.1, 0.15) is 0 Å². The Morgan fingerprint density at radius 1 is 0.973 bits per heavy atom. The summed E-state index contributed by atoms with van der Waals surface area (Å²) < 4.78 is 15.6. The summed E-state index contributed by atoms with van der Waals surface area (Å²) in [4.78, 5) is 15.6. The number of nitrogens with zero attached hydrogens (tertiary/aromatic N) is 1. The average Bonchev–Trinajstić information content (AvgIpc) is 3.83. The van der Waals surface area contributed by atoms with Crippen molar-refractivity contribution in [3.05, 3.63) is 82.9 Å². The van der Waals surface area contributed by atoms with Crippen LogP contribution in [0.1, 0.15) is 70.4 Å². The second kappa shape index (κ2) is 15.1. The third-order valence-corrected chi connectivity index (χ3v) is 8.98. The molecule has 1 N–H and O–H groups in total. The first kappa shape index (κ1) is 29.9. The second-order valence-electron chi connectivity index (χ2n) is 9.66. The van der Waals surface area contributed by atoms with Crippen LogP contribution in [0.4, 0.5) is 0 Å². The molecule has 4 nitrogen and oxygen atoms in total. The highest BCUT2D eigenvalue weighted by atomic mass is 35.5. The minimum atomic E-state index is -0.978. The van der Waals surface area contributed by atoms with Crippen molar-refractivity contribution in [2.24, 2.45) is 11.8 Å². The number of allylic oxidation sites excluding steroid dienone is 1. The van der Waals surface area contributed by atoms with Crippen molar-refractivity contribution < 1.29 is 9.00 Å². The highest BCUT2D eigenvalue weighted by molar-refractivity contribution is 7.84. The van der Waals surface area contributed by atoms with E-state index >= 15 is 0 Å². The fraction of sp³-hybridized carbons (Fsp3) is 0.500. The molecule has 1 amide bonds. The van der Waals surface area contributed by atoms with E-state index < -0.39 is 11.0 Å². The number of carbonyl (C=O) groups excluding carboxylic acids is 1. The zero-order chi connectivity index (χ0) is 26.8. The Balaban J connectivity index is 0.000000361. The van der Waals surface area contributed by atoms with Crippen LogP contribution in [0.2, 0.25) is 10.0 Å². The van der Waals surface area contributed by atoms with E-state index in [0.29, 0.717) is 22.7 Å². The maximum Gasteiger partial charge on any atom is 0.226 e. The molecule has 2 saturated carbocycles. The van der Waals surface area contributed by atoms with Crippen LogP contribution in [0.5, 0.6) is 0 Å². The predicted molar refractivity (Wildman–Crippen MR) is 157 cm³/mol. The molecule has 202 valence electrons. The summed E-state index contributed by atoms with van der Waals surface area (Å²) in [6.45, 7) is 8.46. The van der Waals surface area contributed by atoms with E-state index in [1.165, 1.54) is 0 Å². The Labute approximate surface area is 235 Å². The van der Waals surface area contributed by atoms with E-state index in [9.17, 15) is 9.00 Å². The number of benzene rings is 2. The molecule has 1 aliphatic heterocycles. The Hall–Kier alpha value is -1.66. The quantitative estimate of drug-likeness (QED) is 0.317. The Kier molecular flexibility index (Phi) is 12.2. The van der Waals surface area contributed by atoms with Gasteiger partial charge in [0.15, 0.2) is 0 Å². The third kappa shape index (κ3) is 8.95. The maximum absolute atomic E-state index is 13.5. The first-order valence-electron chi connectivity index (χ1n) is 13.5. The van der Waals surface area contributed by atoms with E-state index in [1.54, 1.807) is 0 Å². The molecule has 3 aliphatic rings. The summed E-state index contributed by atoms with van der Waals surface area (Å²) in [5.41, 5.74) is 1.14. The topological polar surface area (TPSA) is 49.4 Å². The lowest BCUT2D eigenvalue weighted by Crippen LogP contribution is -2.53. The molecule has 4 atom stereocenters. The predicted octanol–water partition coefficient (Wildman–Crippen LogP) is 7.76. The van der Waals surface area contributed by atoms with Crippen LogP contribution in [-0.4, -0.2) is 32.9 Å². The molecule has 0 aromatic heterocycles. The molecule has 2 aromatic carbocycles. The van der Waals surface area contributed by atoms with Crippen LogP contribution in [0.25, 0.3) is 0 Å². The van der Waals surface area contributed by atoms with Gasteiger partial charge >= 0.3 is 0 Å². The van der Waals surface area contributed by atoms with E-state index in [2.05, 4.69) is 16.2 Å². The SMILES string of the molecule is C=CC[C@H]1CC[C@@H](c2ccc(Cl)cc2)N(C(CNS(=O)C2CC2)C2CC2)C1=O.CC.Clc1ccccc1. The van der Waals surface area contributed by atoms with Crippen LogP contribution in [0, 0.1) is 11.8 Å². The largest absolute Gasteiger partial charge is 0.331 e. The van der Waals surface area contributed by atoms with E-state index in [-0.39, 0.29) is 23.9 Å². The molecule has 37 heavy (non-hydrogen) atoms. The average molecular weight is 564 g/mol. The zero-order valence-corrected chi connectivity index (χ0v) is 24.3. The summed E-state index contributed by atoms with van der Waals surface area (Å²) in [6.07, 6.45) is 8.79. The molecule has 1 saturated heterocycles. The molecule has 2 aromatic rings. The van der Waals surface area contributed by atoms with Gasteiger partial charge in [0.05, 0.1) is 17.0 Å². The van der Waals surface area contributed by atoms with Gasteiger partial charge < -0.3 is 4.90 Å². The molecular formula is C30H40Cl2N2O2S. The van der Waals surface area contributed by atoms with Crippen molar-refractivity contribution in [2.45, 2.75) is 76.1 Å². The fourth-order valence-corrected chi connectivity index (χ4v) is 6.17. The Bertz CT molecular complexity index is 1010. The van der Waals surface area contributed by atoms with Crippen LogP contribution >= 0.6 is 23.2 Å². The van der Waals surface area contributed by atoms with Gasteiger partial charge in [-0.15, -0.1) is 6.58 Å². The lowest BCUT2D eigenvalue weighted by Gasteiger charge is -2.44. The zero-order valence-electron chi connectivity index (χ0n) is 22.0. The van der Waals surface area contributed by atoms with Crippen molar-refractivity contribution in [2.75, 3.05) is 6.54 Å². The van der Waals surface area contributed by atoms with Crippen LogP contribution in [-0.2, 0) is 15.8 Å². The molecule has 3 fully saturated rings.